The molecule has 2 heteroatoms. The van der Waals surface area contributed by atoms with Gasteiger partial charge in [-0.05, 0) is 37.5 Å². The molecule has 0 aliphatic heterocycles. The van der Waals surface area contributed by atoms with Crippen molar-refractivity contribution < 1.29 is 0 Å². The normalized spacial score (nSPS) is 31.7. The lowest BCUT2D eigenvalue weighted by atomic mass is 10.2. The molecule has 0 atom stereocenters. The van der Waals surface area contributed by atoms with Gasteiger partial charge in [-0.2, -0.15) is 0 Å². The molecular formula is C9H12ClN. The average Bonchev–Trinajstić information content (AvgIpc) is 2.06. The van der Waals surface area contributed by atoms with Crippen molar-refractivity contribution in [2.75, 3.05) is 0 Å². The number of allylic oxidation sites excluding steroid dienone is 5. The fraction of sp³-hybridized carbons (Fsp3) is 0.333. The van der Waals surface area contributed by atoms with Crippen LogP contribution in [0.15, 0.2) is 35.0 Å². The molecule has 0 aromatic heterocycles. The van der Waals surface area contributed by atoms with E-state index in [1.807, 2.05) is 18.2 Å². The van der Waals surface area contributed by atoms with E-state index in [9.17, 15) is 0 Å². The molecule has 0 amide bonds. The summed E-state index contributed by atoms with van der Waals surface area (Å²) in [5.74, 6) is 0. The predicted octanol–water partition coefficient (Wildman–Crippen LogP) is 2.69. The van der Waals surface area contributed by atoms with Gasteiger partial charge >= 0.3 is 0 Å². The molecule has 0 fully saturated rings. The summed E-state index contributed by atoms with van der Waals surface area (Å²) in [6.45, 7) is 0. The van der Waals surface area contributed by atoms with Crippen molar-refractivity contribution in [2.24, 2.45) is 5.73 Å². The van der Waals surface area contributed by atoms with Crippen molar-refractivity contribution in [1.29, 1.82) is 0 Å². The number of hydrogen-bond donors (Lipinski definition) is 1. The maximum Gasteiger partial charge on any atom is 0.0311 e. The molecule has 0 aromatic rings. The molecule has 0 unspecified atom stereocenters. The maximum absolute atomic E-state index is 5.86. The van der Waals surface area contributed by atoms with Gasteiger partial charge in [-0.25, -0.2) is 0 Å². The van der Waals surface area contributed by atoms with Gasteiger partial charge in [-0.1, -0.05) is 17.7 Å². The Morgan fingerprint density at radius 2 is 2.18 bits per heavy atom. The summed E-state index contributed by atoms with van der Waals surface area (Å²) in [7, 11) is 0. The Morgan fingerprint density at radius 3 is 3.00 bits per heavy atom. The van der Waals surface area contributed by atoms with E-state index in [1.165, 1.54) is 0 Å². The van der Waals surface area contributed by atoms with Gasteiger partial charge in [-0.3, -0.25) is 0 Å². The SMILES string of the molecule is NC1=C/C=C(/Cl)CCC/C=C\1. The standard InChI is InChI=1S/C9H12ClN/c10-8-4-2-1-3-5-9(11)7-6-8/h3,5-7H,1-2,4,11H2/b5-3-,8-6+,9-7+. The van der Waals surface area contributed by atoms with Crippen LogP contribution in [0.2, 0.25) is 0 Å². The molecular weight excluding hydrogens is 158 g/mol. The molecule has 0 saturated heterocycles. The molecule has 1 aliphatic carbocycles. The summed E-state index contributed by atoms with van der Waals surface area (Å²) < 4.78 is 0. The number of hydrogen-bond acceptors (Lipinski definition) is 1. The van der Waals surface area contributed by atoms with Gasteiger partial charge in [0.05, 0.1) is 0 Å². The highest BCUT2D eigenvalue weighted by Gasteiger charge is 1.93. The van der Waals surface area contributed by atoms with Crippen molar-refractivity contribution in [1.82, 2.24) is 0 Å². The van der Waals surface area contributed by atoms with Crippen LogP contribution in [0.3, 0.4) is 0 Å². The average molecular weight is 170 g/mol. The highest BCUT2D eigenvalue weighted by Crippen LogP contribution is 2.14. The van der Waals surface area contributed by atoms with Crippen molar-refractivity contribution >= 4 is 11.6 Å². The van der Waals surface area contributed by atoms with E-state index in [2.05, 4.69) is 6.08 Å². The van der Waals surface area contributed by atoms with E-state index in [0.29, 0.717) is 0 Å². The van der Waals surface area contributed by atoms with Crippen molar-refractivity contribution in [3.05, 3.63) is 35.0 Å². The third kappa shape index (κ3) is 3.28. The lowest BCUT2D eigenvalue weighted by Gasteiger charge is -1.92. The van der Waals surface area contributed by atoms with Crippen LogP contribution in [0.1, 0.15) is 19.3 Å². The molecule has 0 saturated carbocycles. The van der Waals surface area contributed by atoms with Crippen molar-refractivity contribution in [3.63, 3.8) is 0 Å². The first-order valence-corrected chi connectivity index (χ1v) is 4.15. The van der Waals surface area contributed by atoms with Gasteiger partial charge in [0, 0.05) is 10.7 Å². The van der Waals surface area contributed by atoms with E-state index in [0.717, 1.165) is 30.0 Å². The molecule has 2 N–H and O–H groups in total. The van der Waals surface area contributed by atoms with Crippen LogP contribution in [-0.2, 0) is 0 Å². The summed E-state index contributed by atoms with van der Waals surface area (Å²) in [4.78, 5) is 0. The van der Waals surface area contributed by atoms with Gasteiger partial charge in [0.1, 0.15) is 0 Å². The molecule has 0 heterocycles. The Balaban J connectivity index is 2.72. The van der Waals surface area contributed by atoms with Crippen LogP contribution in [0.25, 0.3) is 0 Å². The quantitative estimate of drug-likeness (QED) is 0.593. The van der Waals surface area contributed by atoms with Gasteiger partial charge in [0.2, 0.25) is 0 Å². The maximum atomic E-state index is 5.86. The fourth-order valence-electron chi connectivity index (χ4n) is 0.934. The zero-order valence-electron chi connectivity index (χ0n) is 6.39. The van der Waals surface area contributed by atoms with Crippen molar-refractivity contribution in [2.45, 2.75) is 19.3 Å². The number of halogens is 1. The lowest BCUT2D eigenvalue weighted by Crippen LogP contribution is -1.90. The lowest BCUT2D eigenvalue weighted by molar-refractivity contribution is 0.859. The largest absolute Gasteiger partial charge is 0.399 e. The van der Waals surface area contributed by atoms with E-state index >= 15 is 0 Å². The molecule has 0 spiro atoms. The Bertz CT molecular complexity index is 214. The van der Waals surface area contributed by atoms with E-state index in [4.69, 9.17) is 17.3 Å². The third-order valence-electron chi connectivity index (χ3n) is 1.55. The molecule has 0 bridgehead atoms. The highest BCUT2D eigenvalue weighted by molar-refractivity contribution is 6.29. The van der Waals surface area contributed by atoms with Crippen LogP contribution >= 0.6 is 11.6 Å². The Kier molecular flexibility index (Phi) is 3.24. The summed E-state index contributed by atoms with van der Waals surface area (Å²) in [5.41, 5.74) is 6.38. The smallest absolute Gasteiger partial charge is 0.0311 e. The van der Waals surface area contributed by atoms with Gasteiger partial charge in [0.25, 0.3) is 0 Å². The van der Waals surface area contributed by atoms with Crippen LogP contribution in [0.4, 0.5) is 0 Å². The minimum atomic E-state index is 0.769. The topological polar surface area (TPSA) is 26.0 Å². The van der Waals surface area contributed by atoms with Crippen LogP contribution in [0.5, 0.6) is 0 Å². The summed E-state index contributed by atoms with van der Waals surface area (Å²) in [5, 5.41) is 0.886. The third-order valence-corrected chi connectivity index (χ3v) is 1.87. The van der Waals surface area contributed by atoms with Gasteiger partial charge < -0.3 is 5.73 Å². The second-order valence-corrected chi connectivity index (χ2v) is 3.06. The van der Waals surface area contributed by atoms with E-state index < -0.39 is 0 Å². The first-order valence-electron chi connectivity index (χ1n) is 3.77. The molecule has 1 nitrogen and oxygen atoms in total. The van der Waals surface area contributed by atoms with E-state index in [-0.39, 0.29) is 0 Å². The summed E-state index contributed by atoms with van der Waals surface area (Å²) in [6.07, 6.45) is 10.8. The molecule has 1 rings (SSSR count). The predicted molar refractivity (Wildman–Crippen MR) is 49.2 cm³/mol. The minimum absolute atomic E-state index is 0.769. The van der Waals surface area contributed by atoms with Crippen LogP contribution < -0.4 is 5.73 Å². The minimum Gasteiger partial charge on any atom is -0.399 e. The number of rotatable bonds is 0. The highest BCUT2D eigenvalue weighted by atomic mass is 35.5. The van der Waals surface area contributed by atoms with Gasteiger partial charge in [-0.15, -0.1) is 0 Å². The monoisotopic (exact) mass is 169 g/mol. The summed E-state index contributed by atoms with van der Waals surface area (Å²) in [6, 6.07) is 0. The Hall–Kier alpha value is -0.690. The van der Waals surface area contributed by atoms with E-state index in [1.54, 1.807) is 0 Å². The molecule has 11 heavy (non-hydrogen) atoms. The Morgan fingerprint density at radius 1 is 1.36 bits per heavy atom. The van der Waals surface area contributed by atoms with Gasteiger partial charge in [0.15, 0.2) is 0 Å². The fourth-order valence-corrected chi connectivity index (χ4v) is 1.13. The zero-order chi connectivity index (χ0) is 8.10. The first kappa shape index (κ1) is 8.41. The van der Waals surface area contributed by atoms with Crippen LogP contribution in [0, 0.1) is 0 Å². The second-order valence-electron chi connectivity index (χ2n) is 2.57. The molecule has 60 valence electrons. The molecule has 0 radical (unpaired) electrons. The number of nitrogens with two attached hydrogens (primary N) is 1. The Labute approximate surface area is 72.2 Å². The zero-order valence-corrected chi connectivity index (χ0v) is 7.14. The van der Waals surface area contributed by atoms with Crippen molar-refractivity contribution in [3.8, 4) is 0 Å². The molecule has 1 aliphatic rings. The first-order chi connectivity index (χ1) is 5.29. The molecule has 0 aromatic carbocycles. The van der Waals surface area contributed by atoms with Crippen LogP contribution in [-0.4, -0.2) is 0 Å². The summed E-state index contributed by atoms with van der Waals surface area (Å²) >= 11 is 5.86. The second kappa shape index (κ2) is 4.24.